The molecule has 4 aromatic rings. The first-order valence-corrected chi connectivity index (χ1v) is 9.58. The third kappa shape index (κ3) is 3.38. The number of carbonyl (C=O) groups is 1. The molecule has 2 aromatic carbocycles. The fraction of sp³-hybridized carbons (Fsp3) is 0.174. The van der Waals surface area contributed by atoms with Gasteiger partial charge >= 0.3 is 0 Å². The molecule has 29 heavy (non-hydrogen) atoms. The highest BCUT2D eigenvalue weighted by Gasteiger charge is 2.44. The predicted molar refractivity (Wildman–Crippen MR) is 109 cm³/mol. The summed E-state index contributed by atoms with van der Waals surface area (Å²) in [6, 6.07) is 20.0. The van der Waals surface area contributed by atoms with Crippen molar-refractivity contribution < 1.29 is 9.18 Å². The van der Waals surface area contributed by atoms with Crippen LogP contribution in [0.5, 0.6) is 0 Å². The summed E-state index contributed by atoms with van der Waals surface area (Å²) >= 11 is 0. The molecule has 1 amide bonds. The Morgan fingerprint density at radius 3 is 2.62 bits per heavy atom. The quantitative estimate of drug-likeness (QED) is 0.558. The second kappa shape index (κ2) is 6.81. The van der Waals surface area contributed by atoms with Crippen molar-refractivity contribution in [2.24, 2.45) is 5.92 Å². The Morgan fingerprint density at radius 1 is 1.10 bits per heavy atom. The summed E-state index contributed by atoms with van der Waals surface area (Å²) in [5.74, 6) is 0.185. The predicted octanol–water partition coefficient (Wildman–Crippen LogP) is 4.59. The Kier molecular flexibility index (Phi) is 4.12. The lowest BCUT2D eigenvalue weighted by Gasteiger charge is -2.09. The van der Waals surface area contributed by atoms with E-state index in [0.29, 0.717) is 11.5 Å². The van der Waals surface area contributed by atoms with Crippen LogP contribution < -0.4 is 5.32 Å². The number of halogens is 1. The number of hydrogen-bond donors (Lipinski definition) is 1. The minimum absolute atomic E-state index is 0.0635. The largest absolute Gasteiger partial charge is 0.310 e. The van der Waals surface area contributed by atoms with Gasteiger partial charge in [-0.3, -0.25) is 4.79 Å². The minimum Gasteiger partial charge on any atom is -0.310 e. The average Bonchev–Trinajstić information content (AvgIpc) is 3.43. The third-order valence-corrected chi connectivity index (χ3v) is 5.30. The third-order valence-electron chi connectivity index (χ3n) is 5.30. The molecule has 144 valence electrons. The molecule has 1 fully saturated rings. The fourth-order valence-electron chi connectivity index (χ4n) is 3.75. The summed E-state index contributed by atoms with van der Waals surface area (Å²) in [5, 5.41) is 7.49. The Hall–Kier alpha value is -3.54. The van der Waals surface area contributed by atoms with Crippen LogP contribution in [0.2, 0.25) is 0 Å². The molecule has 0 aliphatic heterocycles. The fourth-order valence-corrected chi connectivity index (χ4v) is 3.75. The Bertz CT molecular complexity index is 1200. The van der Waals surface area contributed by atoms with Gasteiger partial charge in [0, 0.05) is 23.6 Å². The van der Waals surface area contributed by atoms with Crippen molar-refractivity contribution in [1.82, 2.24) is 14.6 Å². The molecule has 1 aliphatic carbocycles. The van der Waals surface area contributed by atoms with Crippen molar-refractivity contribution >= 4 is 17.4 Å². The zero-order chi connectivity index (χ0) is 20.0. The van der Waals surface area contributed by atoms with Crippen LogP contribution in [0, 0.1) is 18.7 Å². The van der Waals surface area contributed by atoms with Crippen LogP contribution >= 0.6 is 0 Å². The number of nitrogens with zero attached hydrogens (tertiary/aromatic N) is 3. The van der Waals surface area contributed by atoms with Gasteiger partial charge in [-0.05, 0) is 37.0 Å². The van der Waals surface area contributed by atoms with Crippen LogP contribution in [-0.2, 0) is 4.79 Å². The van der Waals surface area contributed by atoms with Gasteiger partial charge < -0.3 is 5.32 Å². The first-order valence-electron chi connectivity index (χ1n) is 9.58. The number of amides is 1. The number of carbonyl (C=O) groups excluding carboxylic acids is 1. The average molecular weight is 386 g/mol. The summed E-state index contributed by atoms with van der Waals surface area (Å²) in [6.45, 7) is 1.92. The Labute approximate surface area is 167 Å². The van der Waals surface area contributed by atoms with E-state index in [9.17, 15) is 9.18 Å². The van der Waals surface area contributed by atoms with Crippen molar-refractivity contribution in [3.63, 3.8) is 0 Å². The molecular formula is C23H19FN4O. The van der Waals surface area contributed by atoms with Gasteiger partial charge in [0.2, 0.25) is 5.91 Å². The molecule has 6 heteroatoms. The van der Waals surface area contributed by atoms with Crippen LogP contribution in [0.3, 0.4) is 0 Å². The number of fused-ring (bicyclic) bond motifs is 1. The van der Waals surface area contributed by atoms with E-state index in [0.717, 1.165) is 28.9 Å². The lowest BCUT2D eigenvalue weighted by atomic mass is 10.1. The summed E-state index contributed by atoms with van der Waals surface area (Å²) in [4.78, 5) is 17.3. The van der Waals surface area contributed by atoms with E-state index in [1.807, 2.05) is 49.4 Å². The van der Waals surface area contributed by atoms with Gasteiger partial charge in [0.15, 0.2) is 5.65 Å². The SMILES string of the molecule is Cc1cc2nc(NC(=O)[C@@H]3C[C@@H]3c3ccc(F)cc3)cc(-c3ccccc3)n2n1. The minimum atomic E-state index is -0.266. The van der Waals surface area contributed by atoms with Crippen LogP contribution in [0.4, 0.5) is 10.2 Å². The maximum absolute atomic E-state index is 13.1. The van der Waals surface area contributed by atoms with Gasteiger partial charge in [0.25, 0.3) is 0 Å². The van der Waals surface area contributed by atoms with E-state index in [1.54, 1.807) is 16.6 Å². The molecule has 2 atom stereocenters. The first kappa shape index (κ1) is 17.6. The van der Waals surface area contributed by atoms with Gasteiger partial charge in [-0.1, -0.05) is 42.5 Å². The number of benzene rings is 2. The van der Waals surface area contributed by atoms with E-state index >= 15 is 0 Å². The molecule has 5 rings (SSSR count). The highest BCUT2D eigenvalue weighted by molar-refractivity contribution is 5.95. The molecule has 0 spiro atoms. The Morgan fingerprint density at radius 2 is 1.86 bits per heavy atom. The van der Waals surface area contributed by atoms with E-state index in [4.69, 9.17) is 0 Å². The number of hydrogen-bond acceptors (Lipinski definition) is 3. The molecular weight excluding hydrogens is 367 g/mol. The molecule has 1 aliphatic rings. The molecule has 0 saturated heterocycles. The highest BCUT2D eigenvalue weighted by Crippen LogP contribution is 2.48. The molecule has 0 radical (unpaired) electrons. The lowest BCUT2D eigenvalue weighted by Crippen LogP contribution is -2.16. The number of anilines is 1. The summed E-state index contributed by atoms with van der Waals surface area (Å²) in [7, 11) is 0. The highest BCUT2D eigenvalue weighted by atomic mass is 19.1. The maximum atomic E-state index is 13.1. The number of nitrogens with one attached hydrogen (secondary N) is 1. The molecule has 0 unspecified atom stereocenters. The van der Waals surface area contributed by atoms with E-state index in [2.05, 4.69) is 15.4 Å². The smallest absolute Gasteiger partial charge is 0.229 e. The van der Waals surface area contributed by atoms with Crippen LogP contribution in [0.1, 0.15) is 23.6 Å². The van der Waals surface area contributed by atoms with Gasteiger partial charge in [0.1, 0.15) is 11.6 Å². The second-order valence-electron chi connectivity index (χ2n) is 7.44. The van der Waals surface area contributed by atoms with E-state index in [1.165, 1.54) is 12.1 Å². The normalized spacial score (nSPS) is 18.0. The molecule has 0 bridgehead atoms. The summed E-state index contributed by atoms with van der Waals surface area (Å²) < 4.78 is 14.9. The zero-order valence-corrected chi connectivity index (χ0v) is 15.8. The van der Waals surface area contributed by atoms with Crippen molar-refractivity contribution in [2.75, 3.05) is 5.32 Å². The molecule has 2 aromatic heterocycles. The van der Waals surface area contributed by atoms with Crippen molar-refractivity contribution in [1.29, 1.82) is 0 Å². The Balaban J connectivity index is 1.42. The van der Waals surface area contributed by atoms with E-state index in [-0.39, 0.29) is 23.6 Å². The van der Waals surface area contributed by atoms with Gasteiger partial charge in [0.05, 0.1) is 11.4 Å². The number of aryl methyl sites for hydroxylation is 1. The lowest BCUT2D eigenvalue weighted by molar-refractivity contribution is -0.117. The van der Waals surface area contributed by atoms with Gasteiger partial charge in [-0.15, -0.1) is 0 Å². The molecule has 1 N–H and O–H groups in total. The molecule has 5 nitrogen and oxygen atoms in total. The first-order chi connectivity index (χ1) is 14.1. The van der Waals surface area contributed by atoms with Gasteiger partial charge in [-0.2, -0.15) is 5.10 Å². The van der Waals surface area contributed by atoms with Crippen molar-refractivity contribution in [2.45, 2.75) is 19.3 Å². The van der Waals surface area contributed by atoms with Gasteiger partial charge in [-0.25, -0.2) is 13.9 Å². The monoisotopic (exact) mass is 386 g/mol. The van der Waals surface area contributed by atoms with Crippen LogP contribution in [0.25, 0.3) is 16.9 Å². The maximum Gasteiger partial charge on any atom is 0.229 e. The second-order valence-corrected chi connectivity index (χ2v) is 7.44. The van der Waals surface area contributed by atoms with Crippen LogP contribution in [-0.4, -0.2) is 20.5 Å². The van der Waals surface area contributed by atoms with Crippen molar-refractivity contribution in [3.8, 4) is 11.3 Å². The number of aromatic nitrogens is 3. The summed E-state index contributed by atoms with van der Waals surface area (Å²) in [5.41, 5.74) is 4.40. The molecule has 1 saturated carbocycles. The zero-order valence-electron chi connectivity index (χ0n) is 15.8. The molecule has 2 heterocycles. The topological polar surface area (TPSA) is 59.3 Å². The van der Waals surface area contributed by atoms with E-state index < -0.39 is 0 Å². The van der Waals surface area contributed by atoms with Crippen LogP contribution in [0.15, 0.2) is 66.7 Å². The number of rotatable bonds is 4. The standard InChI is InChI=1S/C23H19FN4O/c1-14-11-22-25-21(13-20(28(22)27-14)16-5-3-2-4-6-16)26-23(29)19-12-18(19)15-7-9-17(24)10-8-15/h2-11,13,18-19H,12H2,1H3,(H,25,26,29)/t18-,19-/m1/s1. The van der Waals surface area contributed by atoms with Crippen molar-refractivity contribution in [3.05, 3.63) is 83.8 Å². The summed E-state index contributed by atoms with van der Waals surface area (Å²) in [6.07, 6.45) is 0.761.